The van der Waals surface area contributed by atoms with Crippen molar-refractivity contribution in [2.45, 2.75) is 52.2 Å². The minimum Gasteiger partial charge on any atom is -0.463 e. The van der Waals surface area contributed by atoms with Crippen LogP contribution in [0.2, 0.25) is 0 Å². The molecule has 2 aromatic heterocycles. The normalized spacial score (nSPS) is 20.1. The smallest absolute Gasteiger partial charge is 0.320 e. The van der Waals surface area contributed by atoms with E-state index in [1.54, 1.807) is 6.92 Å². The van der Waals surface area contributed by atoms with Crippen molar-refractivity contribution < 1.29 is 13.5 Å². The highest BCUT2D eigenvalue weighted by Gasteiger charge is 2.40. The molecule has 13 heteroatoms. The molecule has 4 heterocycles. The Balaban J connectivity index is 1.74. The molecule has 2 aliphatic rings. The summed E-state index contributed by atoms with van der Waals surface area (Å²) >= 11 is 0. The van der Waals surface area contributed by atoms with Crippen molar-refractivity contribution in [3.63, 3.8) is 0 Å². The Bertz CT molecular complexity index is 968. The first-order chi connectivity index (χ1) is 13.5. The van der Waals surface area contributed by atoms with Crippen LogP contribution in [0.4, 0.5) is 14.6 Å². The number of fused-ring (bicyclic) bond motifs is 1. The molecule has 11 nitrogen and oxygen atoms in total. The van der Waals surface area contributed by atoms with E-state index in [0.717, 1.165) is 0 Å². The molecule has 0 spiro atoms. The van der Waals surface area contributed by atoms with Crippen molar-refractivity contribution >= 4 is 17.0 Å². The number of alkyl halides is 2. The molecule has 0 unspecified atom stereocenters. The Kier molecular flexibility index (Phi) is 4.42. The minimum absolute atomic E-state index is 0.0843. The third-order valence-corrected chi connectivity index (χ3v) is 4.44. The first-order valence-corrected chi connectivity index (χ1v) is 9.25. The molecule has 0 amide bonds. The highest BCUT2D eigenvalue weighted by atomic mass is 19.3. The molecule has 0 bridgehead atoms. The van der Waals surface area contributed by atoms with Gasteiger partial charge in [-0.15, -0.1) is 15.3 Å². The summed E-state index contributed by atoms with van der Waals surface area (Å²) in [6, 6.07) is 0.0843. The lowest BCUT2D eigenvalue weighted by atomic mass is 9.99. The zero-order valence-corrected chi connectivity index (χ0v) is 16.7. The van der Waals surface area contributed by atoms with Crippen LogP contribution in [0.25, 0.3) is 11.2 Å². The van der Waals surface area contributed by atoms with E-state index in [1.807, 2.05) is 20.8 Å². The second-order valence-electron chi connectivity index (χ2n) is 8.72. The van der Waals surface area contributed by atoms with Crippen LogP contribution >= 0.6 is 0 Å². The van der Waals surface area contributed by atoms with Gasteiger partial charge in [-0.1, -0.05) is 26.0 Å². The standard InChI is InChI=1S/C16H22F2N10O/c1-14(2,3)9-29-13-19-11(27-6-5-16(17,18)8-27)10-12(20-13)28(26-21-10)7-15(4)22-24-25-23-15/h5-9H2,1-4H3. The summed E-state index contributed by atoms with van der Waals surface area (Å²) in [4.78, 5) is 10.3. The summed E-state index contributed by atoms with van der Waals surface area (Å²) in [5.74, 6) is -2.50. The van der Waals surface area contributed by atoms with E-state index in [-0.39, 0.29) is 36.8 Å². The first-order valence-electron chi connectivity index (χ1n) is 9.25. The molecule has 0 atom stereocenters. The fraction of sp³-hybridized carbons (Fsp3) is 0.750. The Morgan fingerprint density at radius 3 is 2.48 bits per heavy atom. The molecule has 2 aromatic rings. The van der Waals surface area contributed by atoms with Gasteiger partial charge in [0.05, 0.1) is 19.7 Å². The number of rotatable bonds is 5. The van der Waals surface area contributed by atoms with Crippen molar-refractivity contribution in [3.05, 3.63) is 0 Å². The number of nitrogens with zero attached hydrogens (tertiary/aromatic N) is 10. The number of hydrogen-bond acceptors (Lipinski definition) is 10. The lowest BCUT2D eigenvalue weighted by Gasteiger charge is -2.20. The van der Waals surface area contributed by atoms with Gasteiger partial charge in [0.25, 0.3) is 5.92 Å². The molecule has 0 radical (unpaired) electrons. The summed E-state index contributed by atoms with van der Waals surface area (Å²) < 4.78 is 34.9. The molecule has 1 fully saturated rings. The van der Waals surface area contributed by atoms with Crippen LogP contribution in [0.5, 0.6) is 6.01 Å². The van der Waals surface area contributed by atoms with Crippen molar-refractivity contribution in [1.29, 1.82) is 0 Å². The van der Waals surface area contributed by atoms with Crippen LogP contribution in [0.1, 0.15) is 34.1 Å². The molecule has 1 saturated heterocycles. The Hall–Kier alpha value is -2.86. The van der Waals surface area contributed by atoms with E-state index in [0.29, 0.717) is 17.8 Å². The van der Waals surface area contributed by atoms with Crippen molar-refractivity contribution in [2.75, 3.05) is 24.6 Å². The Morgan fingerprint density at radius 1 is 1.14 bits per heavy atom. The van der Waals surface area contributed by atoms with E-state index < -0.39 is 18.1 Å². The number of halogens is 2. The molecule has 29 heavy (non-hydrogen) atoms. The van der Waals surface area contributed by atoms with Crippen molar-refractivity contribution in [2.24, 2.45) is 26.1 Å². The predicted octanol–water partition coefficient (Wildman–Crippen LogP) is 3.04. The monoisotopic (exact) mass is 408 g/mol. The van der Waals surface area contributed by atoms with Crippen LogP contribution < -0.4 is 9.64 Å². The molecular formula is C16H22F2N10O. The molecule has 2 aliphatic heterocycles. The maximum atomic E-state index is 13.8. The van der Waals surface area contributed by atoms with E-state index in [9.17, 15) is 8.78 Å². The van der Waals surface area contributed by atoms with Crippen LogP contribution in [0.3, 0.4) is 0 Å². The second kappa shape index (κ2) is 6.59. The van der Waals surface area contributed by atoms with Gasteiger partial charge in [0.2, 0.25) is 5.66 Å². The van der Waals surface area contributed by atoms with Gasteiger partial charge in [0.15, 0.2) is 17.0 Å². The average Bonchev–Trinajstić information content (AvgIpc) is 3.32. The fourth-order valence-corrected chi connectivity index (χ4v) is 3.01. The van der Waals surface area contributed by atoms with Crippen LogP contribution in [-0.4, -0.2) is 56.2 Å². The summed E-state index contributed by atoms with van der Waals surface area (Å²) in [6.07, 6.45) is -0.246. The average molecular weight is 408 g/mol. The van der Waals surface area contributed by atoms with Crippen molar-refractivity contribution in [3.8, 4) is 6.01 Å². The molecule has 0 saturated carbocycles. The van der Waals surface area contributed by atoms with Gasteiger partial charge in [0, 0.05) is 13.0 Å². The number of hydrogen-bond donors (Lipinski definition) is 0. The van der Waals surface area contributed by atoms with Gasteiger partial charge in [-0.05, 0) is 22.8 Å². The lowest BCUT2D eigenvalue weighted by molar-refractivity contribution is 0.0257. The van der Waals surface area contributed by atoms with E-state index in [4.69, 9.17) is 4.74 Å². The molecular weight excluding hydrogens is 386 g/mol. The summed E-state index contributed by atoms with van der Waals surface area (Å²) in [7, 11) is 0. The third kappa shape index (κ3) is 4.12. The molecule has 156 valence electrons. The summed E-state index contributed by atoms with van der Waals surface area (Å²) in [5, 5.41) is 23.3. The van der Waals surface area contributed by atoms with Crippen LogP contribution in [0.15, 0.2) is 20.7 Å². The van der Waals surface area contributed by atoms with Crippen LogP contribution in [0, 0.1) is 5.41 Å². The van der Waals surface area contributed by atoms with Crippen LogP contribution in [-0.2, 0) is 6.54 Å². The van der Waals surface area contributed by atoms with Gasteiger partial charge < -0.3 is 9.64 Å². The zero-order valence-electron chi connectivity index (χ0n) is 16.7. The van der Waals surface area contributed by atoms with E-state index in [2.05, 4.69) is 41.0 Å². The topological polar surface area (TPSA) is 118 Å². The van der Waals surface area contributed by atoms with E-state index >= 15 is 0 Å². The molecule has 0 N–H and O–H groups in total. The van der Waals surface area contributed by atoms with Gasteiger partial charge >= 0.3 is 6.01 Å². The maximum Gasteiger partial charge on any atom is 0.320 e. The highest BCUT2D eigenvalue weighted by molar-refractivity contribution is 5.83. The fourth-order valence-electron chi connectivity index (χ4n) is 3.01. The van der Waals surface area contributed by atoms with Gasteiger partial charge in [-0.25, -0.2) is 13.5 Å². The van der Waals surface area contributed by atoms with Gasteiger partial charge in [-0.3, -0.25) is 0 Å². The Labute approximate surface area is 165 Å². The van der Waals surface area contributed by atoms with Gasteiger partial charge in [0.1, 0.15) is 0 Å². The quantitative estimate of drug-likeness (QED) is 0.750. The van der Waals surface area contributed by atoms with Gasteiger partial charge in [-0.2, -0.15) is 9.97 Å². The predicted molar refractivity (Wildman–Crippen MR) is 98.0 cm³/mol. The number of anilines is 1. The first kappa shape index (κ1) is 19.5. The third-order valence-electron chi connectivity index (χ3n) is 4.44. The summed E-state index contributed by atoms with van der Waals surface area (Å²) in [6.45, 7) is 8.02. The largest absolute Gasteiger partial charge is 0.463 e. The molecule has 0 aliphatic carbocycles. The molecule has 4 rings (SSSR count). The lowest BCUT2D eigenvalue weighted by Crippen LogP contribution is -2.27. The molecule has 0 aromatic carbocycles. The highest BCUT2D eigenvalue weighted by Crippen LogP contribution is 2.34. The minimum atomic E-state index is -2.78. The maximum absolute atomic E-state index is 13.8. The number of ether oxygens (including phenoxy) is 1. The summed E-state index contributed by atoms with van der Waals surface area (Å²) in [5.41, 5.74) is -0.386. The van der Waals surface area contributed by atoms with E-state index in [1.165, 1.54) is 9.58 Å². The SMILES string of the molecule is CC(C)(C)COc1nc(N2CCC(F)(F)C2)c2nnn(CC3(C)N=NN=N3)c2n1. The Morgan fingerprint density at radius 2 is 1.86 bits per heavy atom. The second-order valence-corrected chi connectivity index (χ2v) is 8.72. The van der Waals surface area contributed by atoms with Crippen molar-refractivity contribution in [1.82, 2.24) is 25.0 Å². The number of aromatic nitrogens is 5. The zero-order chi connectivity index (χ0) is 20.9.